The van der Waals surface area contributed by atoms with E-state index in [9.17, 15) is 4.79 Å². The quantitative estimate of drug-likeness (QED) is 0.689. The molecule has 2 aromatic carbocycles. The van der Waals surface area contributed by atoms with Crippen LogP contribution in [0, 0.1) is 0 Å². The minimum absolute atomic E-state index is 0.334. The third-order valence-electron chi connectivity index (χ3n) is 3.37. The van der Waals surface area contributed by atoms with Crippen LogP contribution in [0.25, 0.3) is 0 Å². The minimum atomic E-state index is -0.334. The van der Waals surface area contributed by atoms with Gasteiger partial charge in [0.05, 0.1) is 10.7 Å². The Morgan fingerprint density at radius 1 is 1.00 bits per heavy atom. The van der Waals surface area contributed by atoms with Gasteiger partial charge in [-0.05, 0) is 35.9 Å². The SMILES string of the molecule is O=C(NCc1cccnc1)Nc1ccccc1Oc1ccccc1Cl. The lowest BCUT2D eigenvalue weighted by Gasteiger charge is -2.13. The van der Waals surface area contributed by atoms with Crippen molar-refractivity contribution in [2.45, 2.75) is 6.54 Å². The fourth-order valence-electron chi connectivity index (χ4n) is 2.16. The van der Waals surface area contributed by atoms with Crippen molar-refractivity contribution < 1.29 is 9.53 Å². The molecule has 0 spiro atoms. The maximum absolute atomic E-state index is 12.1. The fourth-order valence-corrected chi connectivity index (χ4v) is 2.33. The van der Waals surface area contributed by atoms with Gasteiger partial charge in [-0.15, -0.1) is 0 Å². The number of anilines is 1. The van der Waals surface area contributed by atoms with Crippen LogP contribution in [0.4, 0.5) is 10.5 Å². The molecule has 0 unspecified atom stereocenters. The lowest BCUT2D eigenvalue weighted by Crippen LogP contribution is -2.28. The second-order valence-corrected chi connectivity index (χ2v) is 5.60. The molecule has 0 atom stereocenters. The maximum atomic E-state index is 12.1. The number of nitrogens with zero attached hydrogens (tertiary/aromatic N) is 1. The number of ether oxygens (including phenoxy) is 1. The number of aromatic nitrogens is 1. The third-order valence-corrected chi connectivity index (χ3v) is 3.68. The lowest BCUT2D eigenvalue weighted by molar-refractivity contribution is 0.251. The van der Waals surface area contributed by atoms with Gasteiger partial charge in [-0.25, -0.2) is 4.79 Å². The van der Waals surface area contributed by atoms with E-state index in [2.05, 4.69) is 15.6 Å². The van der Waals surface area contributed by atoms with Crippen LogP contribution >= 0.6 is 11.6 Å². The highest BCUT2D eigenvalue weighted by Crippen LogP contribution is 2.33. The Balaban J connectivity index is 1.66. The molecule has 0 saturated carbocycles. The molecule has 2 amide bonds. The molecular weight excluding hydrogens is 338 g/mol. The molecule has 0 fully saturated rings. The van der Waals surface area contributed by atoms with E-state index in [0.717, 1.165) is 5.56 Å². The van der Waals surface area contributed by atoms with Crippen molar-refractivity contribution in [3.63, 3.8) is 0 Å². The number of urea groups is 1. The van der Waals surface area contributed by atoms with Crippen LogP contribution in [-0.2, 0) is 6.54 Å². The number of amides is 2. The predicted octanol–water partition coefficient (Wildman–Crippen LogP) is 4.85. The fraction of sp³-hybridized carbons (Fsp3) is 0.0526. The van der Waals surface area contributed by atoms with E-state index >= 15 is 0 Å². The van der Waals surface area contributed by atoms with Crippen LogP contribution < -0.4 is 15.4 Å². The highest BCUT2D eigenvalue weighted by Gasteiger charge is 2.09. The Labute approximate surface area is 150 Å². The molecule has 0 aliphatic rings. The molecule has 3 aromatic rings. The molecule has 0 saturated heterocycles. The normalized spacial score (nSPS) is 10.1. The average molecular weight is 354 g/mol. The highest BCUT2D eigenvalue weighted by atomic mass is 35.5. The van der Waals surface area contributed by atoms with Gasteiger partial charge in [-0.1, -0.05) is 41.9 Å². The zero-order valence-electron chi connectivity index (χ0n) is 13.3. The molecule has 0 radical (unpaired) electrons. The van der Waals surface area contributed by atoms with Crippen molar-refractivity contribution in [3.05, 3.63) is 83.6 Å². The Bertz CT molecular complexity index is 856. The third kappa shape index (κ3) is 4.71. The number of para-hydroxylation sites is 3. The largest absolute Gasteiger partial charge is 0.454 e. The van der Waals surface area contributed by atoms with Gasteiger partial charge in [0, 0.05) is 18.9 Å². The first-order chi connectivity index (χ1) is 12.2. The van der Waals surface area contributed by atoms with Gasteiger partial charge in [0.1, 0.15) is 5.75 Å². The van der Waals surface area contributed by atoms with Gasteiger partial charge in [0.2, 0.25) is 0 Å². The predicted molar refractivity (Wildman–Crippen MR) is 98.1 cm³/mol. The number of halogens is 1. The molecule has 0 aliphatic carbocycles. The van der Waals surface area contributed by atoms with Crippen LogP contribution in [0.3, 0.4) is 0 Å². The molecule has 1 heterocycles. The van der Waals surface area contributed by atoms with Gasteiger partial charge in [-0.2, -0.15) is 0 Å². The first-order valence-corrected chi connectivity index (χ1v) is 8.05. The minimum Gasteiger partial charge on any atom is -0.454 e. The number of hydrogen-bond donors (Lipinski definition) is 2. The number of carbonyl (C=O) groups is 1. The Hall–Kier alpha value is -3.05. The summed E-state index contributed by atoms with van der Waals surface area (Å²) in [4.78, 5) is 16.1. The Morgan fingerprint density at radius 2 is 1.76 bits per heavy atom. The van der Waals surface area contributed by atoms with Gasteiger partial charge < -0.3 is 15.4 Å². The van der Waals surface area contributed by atoms with Crippen LogP contribution in [0.15, 0.2) is 73.1 Å². The number of pyridine rings is 1. The summed E-state index contributed by atoms with van der Waals surface area (Å²) < 4.78 is 5.82. The molecule has 1 aromatic heterocycles. The van der Waals surface area contributed by atoms with Crippen molar-refractivity contribution in [3.8, 4) is 11.5 Å². The van der Waals surface area contributed by atoms with Crippen LogP contribution in [0.2, 0.25) is 5.02 Å². The molecule has 0 bridgehead atoms. The number of hydrogen-bond acceptors (Lipinski definition) is 3. The molecule has 0 aliphatic heterocycles. The topological polar surface area (TPSA) is 63.2 Å². The van der Waals surface area contributed by atoms with E-state index in [1.165, 1.54) is 0 Å². The van der Waals surface area contributed by atoms with E-state index in [-0.39, 0.29) is 6.03 Å². The van der Waals surface area contributed by atoms with Crippen molar-refractivity contribution >= 4 is 23.3 Å². The zero-order chi connectivity index (χ0) is 17.5. The molecule has 6 heteroatoms. The van der Waals surface area contributed by atoms with Crippen molar-refractivity contribution in [1.82, 2.24) is 10.3 Å². The van der Waals surface area contributed by atoms with E-state index in [4.69, 9.17) is 16.3 Å². The van der Waals surface area contributed by atoms with Crippen LogP contribution in [0.5, 0.6) is 11.5 Å². The van der Waals surface area contributed by atoms with Crippen molar-refractivity contribution in [2.24, 2.45) is 0 Å². The summed E-state index contributed by atoms with van der Waals surface area (Å²) in [6.07, 6.45) is 3.39. The first-order valence-electron chi connectivity index (χ1n) is 7.67. The number of benzene rings is 2. The van der Waals surface area contributed by atoms with Crippen molar-refractivity contribution in [1.29, 1.82) is 0 Å². The summed E-state index contributed by atoms with van der Waals surface area (Å²) in [5.74, 6) is 1.03. The summed E-state index contributed by atoms with van der Waals surface area (Å²) in [6, 6.07) is 17.7. The van der Waals surface area contributed by atoms with Gasteiger partial charge >= 0.3 is 6.03 Å². The first kappa shape index (κ1) is 16.8. The summed E-state index contributed by atoms with van der Waals surface area (Å²) in [5.41, 5.74) is 1.46. The summed E-state index contributed by atoms with van der Waals surface area (Å²) >= 11 is 6.12. The standard InChI is InChI=1S/C19H16ClN3O2/c20-15-7-1-3-9-17(15)25-18-10-4-2-8-16(18)23-19(24)22-13-14-6-5-11-21-12-14/h1-12H,13H2,(H2,22,23,24). The molecule has 25 heavy (non-hydrogen) atoms. The van der Waals surface area contributed by atoms with E-state index in [0.29, 0.717) is 28.8 Å². The highest BCUT2D eigenvalue weighted by molar-refractivity contribution is 6.32. The van der Waals surface area contributed by atoms with E-state index in [1.807, 2.05) is 36.4 Å². The van der Waals surface area contributed by atoms with Crippen LogP contribution in [-0.4, -0.2) is 11.0 Å². The maximum Gasteiger partial charge on any atom is 0.319 e. The van der Waals surface area contributed by atoms with Gasteiger partial charge in [0.15, 0.2) is 5.75 Å². The monoisotopic (exact) mass is 353 g/mol. The summed E-state index contributed by atoms with van der Waals surface area (Å²) in [7, 11) is 0. The second-order valence-electron chi connectivity index (χ2n) is 5.20. The molecule has 5 nitrogen and oxygen atoms in total. The van der Waals surface area contributed by atoms with E-state index < -0.39 is 0 Å². The number of nitrogens with one attached hydrogen (secondary N) is 2. The van der Waals surface area contributed by atoms with Crippen molar-refractivity contribution in [2.75, 3.05) is 5.32 Å². The Kier molecular flexibility index (Phi) is 5.49. The smallest absolute Gasteiger partial charge is 0.319 e. The van der Waals surface area contributed by atoms with Gasteiger partial charge in [0.25, 0.3) is 0 Å². The number of carbonyl (C=O) groups excluding carboxylic acids is 1. The molecular formula is C19H16ClN3O2. The summed E-state index contributed by atoms with van der Waals surface area (Å²) in [6.45, 7) is 0.382. The lowest BCUT2D eigenvalue weighted by atomic mass is 10.3. The second kappa shape index (κ2) is 8.17. The zero-order valence-corrected chi connectivity index (χ0v) is 14.0. The molecule has 3 rings (SSSR count). The van der Waals surface area contributed by atoms with Gasteiger partial charge in [-0.3, -0.25) is 4.98 Å². The summed E-state index contributed by atoms with van der Waals surface area (Å²) in [5, 5.41) is 6.06. The van der Waals surface area contributed by atoms with Crippen LogP contribution in [0.1, 0.15) is 5.56 Å². The molecule has 126 valence electrons. The van der Waals surface area contributed by atoms with E-state index in [1.54, 1.807) is 36.7 Å². The Morgan fingerprint density at radius 3 is 2.52 bits per heavy atom. The molecule has 2 N–H and O–H groups in total. The number of rotatable bonds is 5. The average Bonchev–Trinajstić information content (AvgIpc) is 2.64.